The molecule has 1 amide bonds. The van der Waals surface area contributed by atoms with Crippen molar-refractivity contribution < 1.29 is 4.79 Å². The highest BCUT2D eigenvalue weighted by atomic mass is 35.5. The van der Waals surface area contributed by atoms with Crippen molar-refractivity contribution in [2.75, 3.05) is 4.90 Å². The van der Waals surface area contributed by atoms with E-state index >= 15 is 0 Å². The fourth-order valence-electron chi connectivity index (χ4n) is 3.35. The van der Waals surface area contributed by atoms with E-state index in [1.807, 2.05) is 78.9 Å². The van der Waals surface area contributed by atoms with Gasteiger partial charge in [0, 0.05) is 29.9 Å². The second kappa shape index (κ2) is 6.96. The Morgan fingerprint density at radius 1 is 1.19 bits per heavy atom. The number of benzene rings is 2. The predicted octanol–water partition coefficient (Wildman–Crippen LogP) is 4.41. The quantitative estimate of drug-likeness (QED) is 0.671. The molecule has 1 heterocycles. The zero-order valence-electron chi connectivity index (χ0n) is 14.5. The van der Waals surface area contributed by atoms with E-state index in [0.717, 1.165) is 23.2 Å². The fraction of sp³-hybridized carbons (Fsp3) is 0.238. The molecule has 0 N–H and O–H groups in total. The van der Waals surface area contributed by atoms with Crippen LogP contribution in [-0.2, 0) is 18.4 Å². The number of nitrogens with zero attached hydrogens (tertiary/aromatic N) is 3. The van der Waals surface area contributed by atoms with Gasteiger partial charge in [0.05, 0.1) is 12.7 Å². The van der Waals surface area contributed by atoms with Gasteiger partial charge in [-0.2, -0.15) is 5.10 Å². The van der Waals surface area contributed by atoms with Gasteiger partial charge in [0.2, 0.25) is 5.91 Å². The molecule has 3 aromatic rings. The maximum atomic E-state index is 13.3. The van der Waals surface area contributed by atoms with Crippen LogP contribution in [0.1, 0.15) is 23.5 Å². The SMILES string of the molecule is Cn1cc([C@@H]2C[C@H]2C(=O)N(Cc2ccccc2)c2ccc(Cl)cc2)cn1. The van der Waals surface area contributed by atoms with Gasteiger partial charge in [-0.3, -0.25) is 9.48 Å². The predicted molar refractivity (Wildman–Crippen MR) is 103 cm³/mol. The van der Waals surface area contributed by atoms with Crippen LogP contribution in [0, 0.1) is 5.92 Å². The third-order valence-corrected chi connectivity index (χ3v) is 5.10. The minimum Gasteiger partial charge on any atom is -0.308 e. The maximum absolute atomic E-state index is 13.3. The van der Waals surface area contributed by atoms with E-state index in [-0.39, 0.29) is 17.7 Å². The number of carbonyl (C=O) groups is 1. The van der Waals surface area contributed by atoms with E-state index in [0.29, 0.717) is 11.6 Å². The number of anilines is 1. The summed E-state index contributed by atoms with van der Waals surface area (Å²) in [5.74, 6) is 0.436. The second-order valence-electron chi connectivity index (χ2n) is 6.78. The third-order valence-electron chi connectivity index (χ3n) is 4.85. The van der Waals surface area contributed by atoms with Crippen molar-refractivity contribution in [1.29, 1.82) is 0 Å². The monoisotopic (exact) mass is 365 g/mol. The largest absolute Gasteiger partial charge is 0.308 e. The van der Waals surface area contributed by atoms with Crippen molar-refractivity contribution in [1.82, 2.24) is 9.78 Å². The molecule has 26 heavy (non-hydrogen) atoms. The van der Waals surface area contributed by atoms with Crippen LogP contribution in [0.3, 0.4) is 0 Å². The van der Waals surface area contributed by atoms with Gasteiger partial charge in [0.25, 0.3) is 0 Å². The van der Waals surface area contributed by atoms with Crippen LogP contribution in [-0.4, -0.2) is 15.7 Å². The summed E-state index contributed by atoms with van der Waals surface area (Å²) in [5, 5.41) is 4.90. The zero-order chi connectivity index (χ0) is 18.1. The average molecular weight is 366 g/mol. The summed E-state index contributed by atoms with van der Waals surface area (Å²) >= 11 is 6.02. The molecule has 0 unspecified atom stereocenters. The Bertz CT molecular complexity index is 905. The van der Waals surface area contributed by atoms with E-state index < -0.39 is 0 Å². The average Bonchev–Trinajstić information content (AvgIpc) is 3.34. The number of aryl methyl sites for hydroxylation is 1. The molecule has 0 radical (unpaired) electrons. The summed E-state index contributed by atoms with van der Waals surface area (Å²) in [6.45, 7) is 0.553. The number of halogens is 1. The molecule has 0 bridgehead atoms. The Kier molecular flexibility index (Phi) is 4.51. The number of aromatic nitrogens is 2. The number of amides is 1. The Labute approximate surface area is 158 Å². The van der Waals surface area contributed by atoms with Crippen molar-refractivity contribution >= 4 is 23.2 Å². The lowest BCUT2D eigenvalue weighted by Crippen LogP contribution is -2.32. The summed E-state index contributed by atoms with van der Waals surface area (Å²) in [4.78, 5) is 15.1. The maximum Gasteiger partial charge on any atom is 0.231 e. The standard InChI is InChI=1S/C21H20ClN3O/c1-24-14-16(12-23-24)19-11-20(19)21(26)25(13-15-5-3-2-4-6-15)18-9-7-17(22)8-10-18/h2-10,12,14,19-20H,11,13H2,1H3/t19-,20+/m0/s1. The molecular formula is C21H20ClN3O. The number of hydrogen-bond acceptors (Lipinski definition) is 2. The number of rotatable bonds is 5. The lowest BCUT2D eigenvalue weighted by molar-refractivity contribution is -0.120. The fourth-order valence-corrected chi connectivity index (χ4v) is 3.48. The molecule has 1 fully saturated rings. The van der Waals surface area contributed by atoms with Crippen molar-refractivity contribution in [3.8, 4) is 0 Å². The van der Waals surface area contributed by atoms with Crippen LogP contribution in [0.25, 0.3) is 0 Å². The topological polar surface area (TPSA) is 38.1 Å². The van der Waals surface area contributed by atoms with Gasteiger partial charge >= 0.3 is 0 Å². The van der Waals surface area contributed by atoms with Gasteiger partial charge in [-0.05, 0) is 47.7 Å². The molecule has 5 heteroatoms. The van der Waals surface area contributed by atoms with E-state index in [9.17, 15) is 4.79 Å². The summed E-state index contributed by atoms with van der Waals surface area (Å²) in [5.41, 5.74) is 3.12. The summed E-state index contributed by atoms with van der Waals surface area (Å²) in [7, 11) is 1.90. The molecule has 132 valence electrons. The van der Waals surface area contributed by atoms with Gasteiger partial charge in [-0.15, -0.1) is 0 Å². The molecule has 0 saturated heterocycles. The van der Waals surface area contributed by atoms with Gasteiger partial charge in [0.1, 0.15) is 0 Å². The minimum atomic E-state index is 0.0126. The minimum absolute atomic E-state index is 0.0126. The molecule has 1 aliphatic rings. The molecule has 1 aliphatic carbocycles. The van der Waals surface area contributed by atoms with Crippen LogP contribution in [0.2, 0.25) is 5.02 Å². The van der Waals surface area contributed by atoms with Gasteiger partial charge in [-0.1, -0.05) is 41.9 Å². The van der Waals surface area contributed by atoms with Crippen molar-refractivity contribution in [2.24, 2.45) is 13.0 Å². The highest BCUT2D eigenvalue weighted by molar-refractivity contribution is 6.30. The molecule has 1 saturated carbocycles. The van der Waals surface area contributed by atoms with E-state index in [2.05, 4.69) is 5.10 Å². The normalized spacial score (nSPS) is 18.5. The lowest BCUT2D eigenvalue weighted by atomic mass is 10.1. The molecule has 1 aromatic heterocycles. The summed E-state index contributed by atoms with van der Waals surface area (Å²) in [6.07, 6.45) is 4.74. The van der Waals surface area contributed by atoms with E-state index in [4.69, 9.17) is 11.6 Å². The molecule has 4 nitrogen and oxygen atoms in total. The third kappa shape index (κ3) is 3.51. The Morgan fingerprint density at radius 3 is 2.58 bits per heavy atom. The van der Waals surface area contributed by atoms with E-state index in [1.54, 1.807) is 4.68 Å². The first kappa shape index (κ1) is 16.9. The molecular weight excluding hydrogens is 346 g/mol. The Morgan fingerprint density at radius 2 is 1.92 bits per heavy atom. The van der Waals surface area contributed by atoms with Crippen LogP contribution in [0.15, 0.2) is 67.0 Å². The highest BCUT2D eigenvalue weighted by Crippen LogP contribution is 2.49. The van der Waals surface area contributed by atoms with Crippen LogP contribution < -0.4 is 4.90 Å². The Hall–Kier alpha value is -2.59. The van der Waals surface area contributed by atoms with Crippen LogP contribution in [0.5, 0.6) is 0 Å². The molecule has 0 spiro atoms. The van der Waals surface area contributed by atoms with Crippen molar-refractivity contribution in [2.45, 2.75) is 18.9 Å². The van der Waals surface area contributed by atoms with E-state index in [1.165, 1.54) is 0 Å². The molecule has 0 aliphatic heterocycles. The van der Waals surface area contributed by atoms with Crippen molar-refractivity contribution in [3.63, 3.8) is 0 Å². The molecule has 4 rings (SSSR count). The smallest absolute Gasteiger partial charge is 0.231 e. The van der Waals surface area contributed by atoms with Crippen LogP contribution in [0.4, 0.5) is 5.69 Å². The van der Waals surface area contributed by atoms with Gasteiger partial charge < -0.3 is 4.90 Å². The Balaban J connectivity index is 1.58. The van der Waals surface area contributed by atoms with Crippen molar-refractivity contribution in [3.05, 3.63) is 83.1 Å². The first-order valence-electron chi connectivity index (χ1n) is 8.71. The first-order valence-corrected chi connectivity index (χ1v) is 9.09. The summed E-state index contributed by atoms with van der Waals surface area (Å²) < 4.78 is 1.79. The first-order chi connectivity index (χ1) is 12.6. The second-order valence-corrected chi connectivity index (χ2v) is 7.22. The van der Waals surface area contributed by atoms with Crippen LogP contribution >= 0.6 is 11.6 Å². The van der Waals surface area contributed by atoms with Gasteiger partial charge in [0.15, 0.2) is 0 Å². The highest BCUT2D eigenvalue weighted by Gasteiger charge is 2.46. The van der Waals surface area contributed by atoms with Gasteiger partial charge in [-0.25, -0.2) is 0 Å². The number of hydrogen-bond donors (Lipinski definition) is 0. The number of carbonyl (C=O) groups excluding carboxylic acids is 1. The summed E-state index contributed by atoms with van der Waals surface area (Å²) in [6, 6.07) is 17.5. The zero-order valence-corrected chi connectivity index (χ0v) is 15.3. The lowest BCUT2D eigenvalue weighted by Gasteiger charge is -2.23. The molecule has 2 atom stereocenters. The molecule has 2 aromatic carbocycles.